The van der Waals surface area contributed by atoms with Gasteiger partial charge >= 0.3 is 0 Å². The monoisotopic (exact) mass is 301 g/mol. The van der Waals surface area contributed by atoms with Crippen molar-refractivity contribution >= 4 is 28.9 Å². The Hall–Kier alpha value is -2.33. The van der Waals surface area contributed by atoms with Crippen molar-refractivity contribution < 1.29 is 4.79 Å². The number of nitrogens with zero attached hydrogens (tertiary/aromatic N) is 1. The lowest BCUT2D eigenvalue weighted by molar-refractivity contribution is 0.0953. The molecule has 0 bridgehead atoms. The number of anilines is 2. The van der Waals surface area contributed by atoms with Crippen molar-refractivity contribution in [2.75, 3.05) is 11.9 Å². The van der Waals surface area contributed by atoms with Gasteiger partial charge < -0.3 is 10.6 Å². The molecule has 1 amide bonds. The Labute approximate surface area is 128 Å². The lowest BCUT2D eigenvalue weighted by atomic mass is 10.2. The predicted octanol–water partition coefficient (Wildman–Crippen LogP) is 3.70. The minimum atomic E-state index is -0.218. The number of nitrogens with one attached hydrogen (secondary N) is 2. The van der Waals surface area contributed by atoms with Gasteiger partial charge in [-0.05, 0) is 42.8 Å². The fourth-order valence-electron chi connectivity index (χ4n) is 1.78. The van der Waals surface area contributed by atoms with Gasteiger partial charge in [-0.3, -0.25) is 4.79 Å². The average Bonchev–Trinajstić information content (AvgIpc) is 2.48. The van der Waals surface area contributed by atoms with Crippen molar-refractivity contribution in [2.45, 2.75) is 6.92 Å². The molecule has 1 aromatic carbocycles. The highest BCUT2D eigenvalue weighted by Crippen LogP contribution is 2.23. The first-order valence-electron chi connectivity index (χ1n) is 6.48. The summed E-state index contributed by atoms with van der Waals surface area (Å²) >= 11 is 5.93. The molecule has 5 heteroatoms. The summed E-state index contributed by atoms with van der Waals surface area (Å²) in [4.78, 5) is 15.8. The summed E-state index contributed by atoms with van der Waals surface area (Å²) in [5, 5.41) is 6.62. The van der Waals surface area contributed by atoms with Crippen LogP contribution in [0.25, 0.3) is 0 Å². The van der Waals surface area contributed by atoms with Gasteiger partial charge in [0.1, 0.15) is 5.69 Å². The molecular weight excluding hydrogens is 286 g/mol. The van der Waals surface area contributed by atoms with Crippen LogP contribution in [0.3, 0.4) is 0 Å². The zero-order chi connectivity index (χ0) is 15.2. The maximum atomic E-state index is 11.7. The molecule has 108 valence electrons. The van der Waals surface area contributed by atoms with E-state index in [0.29, 0.717) is 17.3 Å². The second kappa shape index (κ2) is 6.90. The maximum absolute atomic E-state index is 11.7. The van der Waals surface area contributed by atoms with E-state index in [9.17, 15) is 4.79 Å². The molecule has 0 aliphatic heterocycles. The number of amides is 1. The first kappa shape index (κ1) is 15.1. The number of aromatic nitrogens is 1. The fraction of sp³-hybridized carbons (Fsp3) is 0.125. The average molecular weight is 302 g/mol. The van der Waals surface area contributed by atoms with Crippen molar-refractivity contribution in [2.24, 2.45) is 0 Å². The topological polar surface area (TPSA) is 54.0 Å². The van der Waals surface area contributed by atoms with Crippen LogP contribution in [-0.4, -0.2) is 17.4 Å². The highest BCUT2D eigenvalue weighted by Gasteiger charge is 2.06. The zero-order valence-electron chi connectivity index (χ0n) is 11.7. The summed E-state index contributed by atoms with van der Waals surface area (Å²) in [7, 11) is 0. The summed E-state index contributed by atoms with van der Waals surface area (Å²) in [6.07, 6.45) is 3.24. The van der Waals surface area contributed by atoms with Crippen LogP contribution in [0, 0.1) is 6.92 Å². The summed E-state index contributed by atoms with van der Waals surface area (Å²) in [6, 6.07) is 9.09. The van der Waals surface area contributed by atoms with E-state index in [0.717, 1.165) is 16.9 Å². The third kappa shape index (κ3) is 4.07. The van der Waals surface area contributed by atoms with Gasteiger partial charge in [0.25, 0.3) is 5.91 Å². The Morgan fingerprint density at radius 3 is 2.81 bits per heavy atom. The second-order valence-corrected chi connectivity index (χ2v) is 4.95. The van der Waals surface area contributed by atoms with E-state index in [-0.39, 0.29) is 5.91 Å². The normalized spacial score (nSPS) is 10.0. The van der Waals surface area contributed by atoms with Crippen molar-refractivity contribution in [3.05, 3.63) is 65.5 Å². The number of aryl methyl sites for hydroxylation is 1. The molecule has 0 aliphatic carbocycles. The number of halogens is 1. The van der Waals surface area contributed by atoms with E-state index in [2.05, 4.69) is 22.2 Å². The fourth-order valence-corrected chi connectivity index (χ4v) is 2.01. The number of rotatable bonds is 5. The summed E-state index contributed by atoms with van der Waals surface area (Å²) < 4.78 is 0. The van der Waals surface area contributed by atoms with E-state index >= 15 is 0 Å². The van der Waals surface area contributed by atoms with Crippen LogP contribution in [0.2, 0.25) is 5.02 Å². The summed E-state index contributed by atoms with van der Waals surface area (Å²) in [5.41, 5.74) is 3.16. The molecule has 0 saturated carbocycles. The van der Waals surface area contributed by atoms with Crippen molar-refractivity contribution in [1.82, 2.24) is 10.3 Å². The smallest absolute Gasteiger partial charge is 0.270 e. The largest absolute Gasteiger partial charge is 0.354 e. The third-order valence-corrected chi connectivity index (χ3v) is 3.11. The van der Waals surface area contributed by atoms with Crippen LogP contribution in [0.5, 0.6) is 0 Å². The van der Waals surface area contributed by atoms with Crippen LogP contribution in [0.4, 0.5) is 11.4 Å². The van der Waals surface area contributed by atoms with E-state index in [4.69, 9.17) is 11.6 Å². The van der Waals surface area contributed by atoms with Crippen LogP contribution in [0.1, 0.15) is 16.1 Å². The highest BCUT2D eigenvalue weighted by atomic mass is 35.5. The van der Waals surface area contributed by atoms with Crippen LogP contribution in [-0.2, 0) is 0 Å². The van der Waals surface area contributed by atoms with Gasteiger partial charge in [-0.2, -0.15) is 0 Å². The molecule has 0 atom stereocenters. The molecule has 2 N–H and O–H groups in total. The highest BCUT2D eigenvalue weighted by molar-refractivity contribution is 6.30. The van der Waals surface area contributed by atoms with Crippen molar-refractivity contribution in [1.29, 1.82) is 0 Å². The molecular formula is C16H16ClN3O. The van der Waals surface area contributed by atoms with Gasteiger partial charge in [0, 0.05) is 17.3 Å². The van der Waals surface area contributed by atoms with Crippen molar-refractivity contribution in [3.8, 4) is 0 Å². The molecule has 0 radical (unpaired) electrons. The standard InChI is InChI=1S/C16H16ClN3O/c1-3-8-18-16(21)15-7-5-13(10-19-15)20-14-6-4-12(17)9-11(14)2/h3-7,9-10,20H,1,8H2,2H3,(H,18,21). The minimum absolute atomic E-state index is 0.218. The summed E-state index contributed by atoms with van der Waals surface area (Å²) in [5.74, 6) is -0.218. The molecule has 2 rings (SSSR count). The van der Waals surface area contributed by atoms with E-state index in [1.807, 2.05) is 31.2 Å². The SMILES string of the molecule is C=CCNC(=O)c1ccc(Nc2ccc(Cl)cc2C)cn1. The van der Waals surface area contributed by atoms with Gasteiger partial charge in [-0.25, -0.2) is 4.98 Å². The number of carbonyl (C=O) groups excluding carboxylic acids is 1. The molecule has 1 heterocycles. The molecule has 0 aliphatic rings. The summed E-state index contributed by atoms with van der Waals surface area (Å²) in [6.45, 7) is 5.94. The molecule has 21 heavy (non-hydrogen) atoms. The lowest BCUT2D eigenvalue weighted by Gasteiger charge is -2.10. The van der Waals surface area contributed by atoms with Crippen LogP contribution < -0.4 is 10.6 Å². The quantitative estimate of drug-likeness (QED) is 0.828. The number of hydrogen-bond donors (Lipinski definition) is 2. The predicted molar refractivity (Wildman–Crippen MR) is 86.2 cm³/mol. The molecule has 1 aromatic heterocycles. The first-order valence-corrected chi connectivity index (χ1v) is 6.86. The molecule has 0 spiro atoms. The zero-order valence-corrected chi connectivity index (χ0v) is 12.4. The van der Waals surface area contributed by atoms with Gasteiger partial charge in [-0.1, -0.05) is 17.7 Å². The molecule has 0 unspecified atom stereocenters. The van der Waals surface area contributed by atoms with E-state index < -0.39 is 0 Å². The van der Waals surface area contributed by atoms with E-state index in [1.54, 1.807) is 18.3 Å². The second-order valence-electron chi connectivity index (χ2n) is 4.52. The Morgan fingerprint density at radius 1 is 1.38 bits per heavy atom. The van der Waals surface area contributed by atoms with Gasteiger partial charge in [-0.15, -0.1) is 6.58 Å². The number of carbonyl (C=O) groups is 1. The van der Waals surface area contributed by atoms with Gasteiger partial charge in [0.05, 0.1) is 11.9 Å². The molecule has 0 fully saturated rings. The van der Waals surface area contributed by atoms with Crippen LogP contribution >= 0.6 is 11.6 Å². The number of pyridine rings is 1. The lowest BCUT2D eigenvalue weighted by Crippen LogP contribution is -2.24. The molecule has 0 saturated heterocycles. The van der Waals surface area contributed by atoms with E-state index in [1.165, 1.54) is 0 Å². The van der Waals surface area contributed by atoms with Crippen LogP contribution in [0.15, 0.2) is 49.2 Å². The number of benzene rings is 1. The van der Waals surface area contributed by atoms with Gasteiger partial charge in [0.15, 0.2) is 0 Å². The van der Waals surface area contributed by atoms with Crippen molar-refractivity contribution in [3.63, 3.8) is 0 Å². The Morgan fingerprint density at radius 2 is 2.19 bits per heavy atom. The molecule has 2 aromatic rings. The Kier molecular flexibility index (Phi) is 4.95. The third-order valence-electron chi connectivity index (χ3n) is 2.87. The number of hydrogen-bond acceptors (Lipinski definition) is 3. The van der Waals surface area contributed by atoms with Gasteiger partial charge in [0.2, 0.25) is 0 Å². The maximum Gasteiger partial charge on any atom is 0.270 e. The first-order chi connectivity index (χ1) is 10.1. The molecule has 4 nitrogen and oxygen atoms in total. The Balaban J connectivity index is 2.08. The minimum Gasteiger partial charge on any atom is -0.354 e. The Bertz CT molecular complexity index is 653.